The van der Waals surface area contributed by atoms with Gasteiger partial charge in [-0.15, -0.1) is 0 Å². The molecule has 172 valence electrons. The predicted molar refractivity (Wildman–Crippen MR) is 124 cm³/mol. The number of pyridine rings is 1. The first kappa shape index (κ1) is 22.9. The Morgan fingerprint density at radius 3 is 2.42 bits per heavy atom. The number of sulfonamides is 1. The third kappa shape index (κ3) is 5.37. The molecular weight excluding hydrogens is 443 g/mol. The number of nitrogens with one attached hydrogen (secondary N) is 1. The average molecular weight is 469 g/mol. The average Bonchev–Trinajstić information content (AvgIpc) is 2.81. The van der Waals surface area contributed by atoms with Crippen LogP contribution in [0.5, 0.6) is 0 Å². The molecule has 4 rings (SSSR count). The van der Waals surface area contributed by atoms with E-state index in [1.807, 2.05) is 12.1 Å². The molecule has 1 aromatic heterocycles. The summed E-state index contributed by atoms with van der Waals surface area (Å²) in [5.41, 5.74) is 2.04. The van der Waals surface area contributed by atoms with E-state index < -0.39 is 15.8 Å². The van der Waals surface area contributed by atoms with Crippen LogP contribution in [0.3, 0.4) is 0 Å². The van der Waals surface area contributed by atoms with E-state index in [2.05, 4.69) is 14.6 Å². The van der Waals surface area contributed by atoms with Crippen molar-refractivity contribution in [1.29, 1.82) is 0 Å². The largest absolute Gasteiger partial charge is 0.336 e. The minimum absolute atomic E-state index is 0.0870. The molecule has 0 saturated carbocycles. The van der Waals surface area contributed by atoms with Gasteiger partial charge in [0.2, 0.25) is 0 Å². The van der Waals surface area contributed by atoms with E-state index in [0.29, 0.717) is 24.2 Å². The number of carbonyl (C=O) groups is 1. The van der Waals surface area contributed by atoms with Crippen LogP contribution < -0.4 is 4.72 Å². The summed E-state index contributed by atoms with van der Waals surface area (Å²) < 4.78 is 41.8. The number of aromatic nitrogens is 1. The fourth-order valence-electron chi connectivity index (χ4n) is 3.77. The van der Waals surface area contributed by atoms with Gasteiger partial charge in [0.1, 0.15) is 5.82 Å². The number of piperazine rings is 1. The summed E-state index contributed by atoms with van der Waals surface area (Å²) >= 11 is 0. The molecule has 1 N–H and O–H groups in total. The Kier molecular flexibility index (Phi) is 6.71. The van der Waals surface area contributed by atoms with Gasteiger partial charge in [0.05, 0.1) is 10.6 Å². The molecule has 1 aliphatic heterocycles. The molecule has 3 aromatic rings. The minimum Gasteiger partial charge on any atom is -0.336 e. The number of halogens is 1. The van der Waals surface area contributed by atoms with Gasteiger partial charge in [0.25, 0.3) is 15.9 Å². The Balaban J connectivity index is 1.46. The van der Waals surface area contributed by atoms with Crippen LogP contribution in [0.15, 0.2) is 71.9 Å². The van der Waals surface area contributed by atoms with E-state index in [1.54, 1.807) is 36.4 Å². The van der Waals surface area contributed by atoms with E-state index in [1.165, 1.54) is 35.9 Å². The van der Waals surface area contributed by atoms with Crippen molar-refractivity contribution in [2.24, 2.45) is 0 Å². The van der Waals surface area contributed by atoms with Crippen molar-refractivity contribution < 1.29 is 17.6 Å². The zero-order valence-electron chi connectivity index (χ0n) is 18.2. The van der Waals surface area contributed by atoms with Gasteiger partial charge < -0.3 is 4.90 Å². The van der Waals surface area contributed by atoms with Gasteiger partial charge in [-0.25, -0.2) is 12.8 Å². The molecule has 0 aliphatic carbocycles. The number of anilines is 1. The number of amides is 1. The Hall–Kier alpha value is -3.30. The number of aryl methyl sites for hydroxylation is 1. The van der Waals surface area contributed by atoms with Gasteiger partial charge in [-0.3, -0.25) is 19.4 Å². The zero-order valence-corrected chi connectivity index (χ0v) is 19.1. The first-order valence-electron chi connectivity index (χ1n) is 10.6. The predicted octanol–water partition coefficient (Wildman–Crippen LogP) is 3.29. The maximum Gasteiger partial charge on any atom is 0.262 e. The quantitative estimate of drug-likeness (QED) is 0.600. The molecule has 0 bridgehead atoms. The molecule has 0 spiro atoms. The van der Waals surface area contributed by atoms with Gasteiger partial charge in [0, 0.05) is 50.7 Å². The Morgan fingerprint density at radius 2 is 1.73 bits per heavy atom. The summed E-state index contributed by atoms with van der Waals surface area (Å²) in [6, 6.07) is 13.9. The summed E-state index contributed by atoms with van der Waals surface area (Å²) in [5, 5.41) is 0. The smallest absolute Gasteiger partial charge is 0.262 e. The summed E-state index contributed by atoms with van der Waals surface area (Å²) in [7, 11) is -4.06. The Labute approximate surface area is 192 Å². The first-order valence-corrected chi connectivity index (χ1v) is 12.1. The monoisotopic (exact) mass is 468 g/mol. The van der Waals surface area contributed by atoms with Crippen LogP contribution >= 0.6 is 0 Å². The van der Waals surface area contributed by atoms with Crippen LogP contribution in [0.25, 0.3) is 0 Å². The lowest BCUT2D eigenvalue weighted by Crippen LogP contribution is -2.48. The zero-order chi connectivity index (χ0) is 23.4. The van der Waals surface area contributed by atoms with Crippen LogP contribution in [0.1, 0.15) is 21.5 Å². The van der Waals surface area contributed by atoms with Crippen LogP contribution in [0, 0.1) is 12.7 Å². The number of hydrogen-bond acceptors (Lipinski definition) is 5. The van der Waals surface area contributed by atoms with Gasteiger partial charge in [-0.1, -0.05) is 18.2 Å². The molecule has 2 aromatic carbocycles. The lowest BCUT2D eigenvalue weighted by atomic mass is 10.1. The molecule has 1 amide bonds. The Morgan fingerprint density at radius 1 is 1.03 bits per heavy atom. The maximum atomic E-state index is 13.9. The summed E-state index contributed by atoms with van der Waals surface area (Å²) in [4.78, 5) is 21.2. The topological polar surface area (TPSA) is 82.6 Å². The van der Waals surface area contributed by atoms with Gasteiger partial charge >= 0.3 is 0 Å². The highest BCUT2D eigenvalue weighted by Crippen LogP contribution is 2.22. The number of nitrogens with zero attached hydrogens (tertiary/aromatic N) is 3. The maximum absolute atomic E-state index is 13.9. The Bertz CT molecular complexity index is 1240. The van der Waals surface area contributed by atoms with E-state index >= 15 is 0 Å². The highest BCUT2D eigenvalue weighted by molar-refractivity contribution is 7.92. The lowest BCUT2D eigenvalue weighted by molar-refractivity contribution is 0.0627. The lowest BCUT2D eigenvalue weighted by Gasteiger charge is -2.35. The third-order valence-electron chi connectivity index (χ3n) is 5.68. The fourth-order valence-corrected chi connectivity index (χ4v) is 4.87. The molecule has 1 saturated heterocycles. The number of para-hydroxylation sites is 1. The standard InChI is InChI=1S/C24H25FN4O3S/c1-18-6-7-20(33(31,32)27-23-5-3-2-4-22(23)25)16-21(18)24(30)29-14-12-28(13-15-29)17-19-8-10-26-11-9-19/h2-11,16,27H,12-15,17H2,1H3. The van der Waals surface area contributed by atoms with Crippen LogP contribution in [-0.2, 0) is 16.6 Å². The van der Waals surface area contributed by atoms with Gasteiger partial charge in [-0.05, 0) is 54.4 Å². The first-order chi connectivity index (χ1) is 15.8. The van der Waals surface area contributed by atoms with Crippen LogP contribution in [0.4, 0.5) is 10.1 Å². The minimum atomic E-state index is -4.06. The van der Waals surface area contributed by atoms with Crippen molar-refractivity contribution in [1.82, 2.24) is 14.8 Å². The van der Waals surface area contributed by atoms with E-state index in [4.69, 9.17) is 0 Å². The number of carbonyl (C=O) groups excluding carboxylic acids is 1. The fraction of sp³-hybridized carbons (Fsp3) is 0.250. The van der Waals surface area contributed by atoms with E-state index in [9.17, 15) is 17.6 Å². The van der Waals surface area contributed by atoms with Crippen molar-refractivity contribution in [3.05, 3.63) is 89.5 Å². The van der Waals surface area contributed by atoms with E-state index in [0.717, 1.165) is 19.6 Å². The molecule has 1 fully saturated rings. The summed E-state index contributed by atoms with van der Waals surface area (Å²) in [5.74, 6) is -0.881. The molecular formula is C24H25FN4O3S. The van der Waals surface area contributed by atoms with Crippen molar-refractivity contribution >= 4 is 21.6 Å². The molecule has 2 heterocycles. The van der Waals surface area contributed by atoms with Crippen LogP contribution in [0.2, 0.25) is 0 Å². The SMILES string of the molecule is Cc1ccc(S(=O)(=O)Nc2ccccc2F)cc1C(=O)N1CCN(Cc2ccncc2)CC1. The second kappa shape index (κ2) is 9.68. The molecule has 33 heavy (non-hydrogen) atoms. The summed E-state index contributed by atoms with van der Waals surface area (Å²) in [6.45, 7) is 5.11. The van der Waals surface area contributed by atoms with E-state index in [-0.39, 0.29) is 16.5 Å². The van der Waals surface area contributed by atoms with Crippen molar-refractivity contribution in [2.75, 3.05) is 30.9 Å². The second-order valence-corrected chi connectivity index (χ2v) is 9.67. The van der Waals surface area contributed by atoms with Gasteiger partial charge in [0.15, 0.2) is 0 Å². The molecule has 0 unspecified atom stereocenters. The van der Waals surface area contributed by atoms with Crippen molar-refractivity contribution in [3.63, 3.8) is 0 Å². The highest BCUT2D eigenvalue weighted by atomic mass is 32.2. The highest BCUT2D eigenvalue weighted by Gasteiger charge is 2.25. The van der Waals surface area contributed by atoms with Crippen LogP contribution in [-0.4, -0.2) is 55.3 Å². The molecule has 1 aliphatic rings. The molecule has 0 atom stereocenters. The molecule has 0 radical (unpaired) electrons. The van der Waals surface area contributed by atoms with Gasteiger partial charge in [-0.2, -0.15) is 0 Å². The van der Waals surface area contributed by atoms with Crippen molar-refractivity contribution in [3.8, 4) is 0 Å². The normalized spacial score (nSPS) is 14.8. The number of benzene rings is 2. The molecule has 9 heteroatoms. The molecule has 7 nitrogen and oxygen atoms in total. The van der Waals surface area contributed by atoms with Crippen molar-refractivity contribution in [2.45, 2.75) is 18.4 Å². The number of hydrogen-bond donors (Lipinski definition) is 1. The second-order valence-electron chi connectivity index (χ2n) is 7.99. The summed E-state index contributed by atoms with van der Waals surface area (Å²) in [6.07, 6.45) is 3.53. The number of rotatable bonds is 6. The third-order valence-corrected chi connectivity index (χ3v) is 7.05.